The number of hydrogen-bond donors (Lipinski definition) is 3. The van der Waals surface area contributed by atoms with E-state index in [9.17, 15) is 24.0 Å². The van der Waals surface area contributed by atoms with Gasteiger partial charge in [0.05, 0.1) is 0 Å². The number of aliphatic carboxylic acids is 1. The highest BCUT2D eigenvalue weighted by Crippen LogP contribution is 2.30. The summed E-state index contributed by atoms with van der Waals surface area (Å²) in [7, 11) is 0. The number of nitrogens with one attached hydrogen (secondary N) is 1. The molecule has 0 aliphatic heterocycles. The smallest absolute Gasteiger partial charge is 0.326 e. The molecule has 1 aliphatic carbocycles. The monoisotopic (exact) mass is 328 g/mol. The second-order valence-corrected chi connectivity index (χ2v) is 5.53. The van der Waals surface area contributed by atoms with Crippen LogP contribution >= 0.6 is 0 Å². The summed E-state index contributed by atoms with van der Waals surface area (Å²) < 4.78 is 4.48. The fourth-order valence-electron chi connectivity index (χ4n) is 2.44. The third kappa shape index (κ3) is 6.05. The number of carboxylic acid groups (broad SMARTS) is 1. The molecule has 0 spiro atoms. The van der Waals surface area contributed by atoms with E-state index in [-0.39, 0.29) is 12.3 Å². The number of primary amides is 1. The van der Waals surface area contributed by atoms with Crippen LogP contribution in [0, 0.1) is 11.8 Å². The standard InChI is InChI=1S/C14H20N2O7/c1-7(17)23-6-10(18)5-11(14(21)22)16-13(20)9-3-2-8(4-9)12(15)19/h8-9,11H,2-6H2,1H3,(H2,15,19)(H,16,20)(H,21,22). The molecule has 0 heterocycles. The molecule has 1 fully saturated rings. The molecule has 23 heavy (non-hydrogen) atoms. The molecule has 0 bridgehead atoms. The van der Waals surface area contributed by atoms with Crippen LogP contribution in [0.4, 0.5) is 0 Å². The second kappa shape index (κ2) is 8.25. The van der Waals surface area contributed by atoms with Crippen molar-refractivity contribution < 1.29 is 33.8 Å². The van der Waals surface area contributed by atoms with Crippen molar-refractivity contribution in [3.8, 4) is 0 Å². The van der Waals surface area contributed by atoms with Gasteiger partial charge in [-0.2, -0.15) is 0 Å². The summed E-state index contributed by atoms with van der Waals surface area (Å²) >= 11 is 0. The molecule has 3 unspecified atom stereocenters. The van der Waals surface area contributed by atoms with E-state index in [1.165, 1.54) is 0 Å². The zero-order chi connectivity index (χ0) is 17.6. The van der Waals surface area contributed by atoms with Crippen molar-refractivity contribution in [2.45, 2.75) is 38.6 Å². The molecular weight excluding hydrogens is 308 g/mol. The summed E-state index contributed by atoms with van der Waals surface area (Å²) in [5.41, 5.74) is 5.18. The first-order valence-corrected chi connectivity index (χ1v) is 7.18. The summed E-state index contributed by atoms with van der Waals surface area (Å²) in [6.07, 6.45) is 0.707. The van der Waals surface area contributed by atoms with Crippen LogP contribution in [-0.2, 0) is 28.7 Å². The summed E-state index contributed by atoms with van der Waals surface area (Å²) in [6, 6.07) is -1.40. The molecule has 3 atom stereocenters. The van der Waals surface area contributed by atoms with Gasteiger partial charge in [-0.05, 0) is 19.3 Å². The van der Waals surface area contributed by atoms with Gasteiger partial charge >= 0.3 is 11.9 Å². The van der Waals surface area contributed by atoms with Crippen molar-refractivity contribution in [3.63, 3.8) is 0 Å². The molecule has 9 heteroatoms. The third-order valence-corrected chi connectivity index (χ3v) is 3.69. The largest absolute Gasteiger partial charge is 0.480 e. The van der Waals surface area contributed by atoms with Crippen LogP contribution < -0.4 is 11.1 Å². The number of rotatable bonds is 8. The van der Waals surface area contributed by atoms with Crippen molar-refractivity contribution in [2.75, 3.05) is 6.61 Å². The highest BCUT2D eigenvalue weighted by atomic mass is 16.5. The average Bonchev–Trinajstić information content (AvgIpc) is 2.94. The van der Waals surface area contributed by atoms with E-state index in [1.54, 1.807) is 0 Å². The first-order chi connectivity index (χ1) is 10.7. The van der Waals surface area contributed by atoms with Crippen LogP contribution in [0.5, 0.6) is 0 Å². The maximum atomic E-state index is 12.1. The molecule has 1 aliphatic rings. The van der Waals surface area contributed by atoms with E-state index in [1.807, 2.05) is 0 Å². The van der Waals surface area contributed by atoms with Gasteiger partial charge in [0.2, 0.25) is 11.8 Å². The van der Waals surface area contributed by atoms with Crippen molar-refractivity contribution in [2.24, 2.45) is 17.6 Å². The highest BCUT2D eigenvalue weighted by Gasteiger charge is 2.34. The first kappa shape index (κ1) is 18.6. The predicted molar refractivity (Wildman–Crippen MR) is 75.8 cm³/mol. The SMILES string of the molecule is CC(=O)OCC(=O)CC(NC(=O)C1CCC(C(N)=O)C1)C(=O)O. The minimum atomic E-state index is -1.40. The van der Waals surface area contributed by atoms with Gasteiger partial charge in [0, 0.05) is 25.2 Å². The number of ketones is 1. The average molecular weight is 328 g/mol. The number of carbonyl (C=O) groups excluding carboxylic acids is 4. The topological polar surface area (TPSA) is 153 Å². The Morgan fingerprint density at radius 3 is 2.30 bits per heavy atom. The molecule has 4 N–H and O–H groups in total. The first-order valence-electron chi connectivity index (χ1n) is 7.18. The molecule has 1 rings (SSSR count). The van der Waals surface area contributed by atoms with Gasteiger partial charge in [-0.1, -0.05) is 0 Å². The zero-order valence-corrected chi connectivity index (χ0v) is 12.7. The van der Waals surface area contributed by atoms with E-state index in [0.29, 0.717) is 12.8 Å². The molecule has 0 aromatic carbocycles. The summed E-state index contributed by atoms with van der Waals surface area (Å²) in [6.45, 7) is 0.584. The number of hydrogen-bond acceptors (Lipinski definition) is 6. The van der Waals surface area contributed by atoms with Gasteiger partial charge in [0.1, 0.15) is 12.6 Å². The van der Waals surface area contributed by atoms with Crippen LogP contribution in [0.1, 0.15) is 32.6 Å². The minimum Gasteiger partial charge on any atom is -0.480 e. The Morgan fingerprint density at radius 2 is 1.83 bits per heavy atom. The van der Waals surface area contributed by atoms with E-state index < -0.39 is 54.5 Å². The molecular formula is C14H20N2O7. The lowest BCUT2D eigenvalue weighted by molar-refractivity contribution is -0.147. The Bertz CT molecular complexity index is 517. The molecule has 0 aromatic heterocycles. The van der Waals surface area contributed by atoms with Crippen molar-refractivity contribution in [1.29, 1.82) is 0 Å². The fourth-order valence-corrected chi connectivity index (χ4v) is 2.44. The molecule has 0 saturated heterocycles. The van der Waals surface area contributed by atoms with E-state index in [0.717, 1.165) is 6.92 Å². The van der Waals surface area contributed by atoms with Gasteiger partial charge in [-0.25, -0.2) is 4.79 Å². The highest BCUT2D eigenvalue weighted by molar-refractivity contribution is 5.91. The lowest BCUT2D eigenvalue weighted by atomic mass is 10.0. The number of esters is 1. The molecule has 128 valence electrons. The Labute approximate surface area is 132 Å². The number of carboxylic acids is 1. The van der Waals surface area contributed by atoms with Gasteiger partial charge in [0.15, 0.2) is 5.78 Å². The zero-order valence-electron chi connectivity index (χ0n) is 12.7. The third-order valence-electron chi connectivity index (χ3n) is 3.69. The van der Waals surface area contributed by atoms with E-state index in [4.69, 9.17) is 10.8 Å². The summed E-state index contributed by atoms with van der Waals surface area (Å²) in [4.78, 5) is 56.4. The Balaban J connectivity index is 2.54. The molecule has 2 amide bonds. The minimum absolute atomic E-state index is 0.273. The Morgan fingerprint density at radius 1 is 1.22 bits per heavy atom. The Hall–Kier alpha value is -2.45. The summed E-state index contributed by atoms with van der Waals surface area (Å²) in [5, 5.41) is 11.4. The molecule has 9 nitrogen and oxygen atoms in total. The lowest BCUT2D eigenvalue weighted by Crippen LogP contribution is -2.45. The van der Waals surface area contributed by atoms with Crippen LogP contribution in [0.15, 0.2) is 0 Å². The number of carbonyl (C=O) groups is 5. The number of Topliss-reactive ketones (excluding diaryl/α,β-unsaturated/α-hetero) is 1. The van der Waals surface area contributed by atoms with Crippen molar-refractivity contribution in [1.82, 2.24) is 5.32 Å². The number of nitrogens with two attached hydrogens (primary N) is 1. The molecule has 0 radical (unpaired) electrons. The number of ether oxygens (including phenoxy) is 1. The maximum absolute atomic E-state index is 12.1. The van der Waals surface area contributed by atoms with Crippen LogP contribution in [0.25, 0.3) is 0 Å². The van der Waals surface area contributed by atoms with Gasteiger partial charge in [-0.3, -0.25) is 19.2 Å². The predicted octanol–water partition coefficient (Wildman–Crippen LogP) is -1.02. The molecule has 0 aromatic rings. The number of amides is 2. The van der Waals surface area contributed by atoms with Crippen molar-refractivity contribution >= 4 is 29.5 Å². The van der Waals surface area contributed by atoms with Crippen LogP contribution in [-0.4, -0.2) is 47.3 Å². The summed E-state index contributed by atoms with van der Waals surface area (Å²) in [5.74, 6) is -4.53. The maximum Gasteiger partial charge on any atom is 0.326 e. The van der Waals surface area contributed by atoms with Crippen LogP contribution in [0.3, 0.4) is 0 Å². The normalized spacial score (nSPS) is 21.3. The van der Waals surface area contributed by atoms with Gasteiger partial charge in [-0.15, -0.1) is 0 Å². The van der Waals surface area contributed by atoms with E-state index in [2.05, 4.69) is 10.1 Å². The van der Waals surface area contributed by atoms with E-state index >= 15 is 0 Å². The quantitative estimate of drug-likeness (QED) is 0.482. The van der Waals surface area contributed by atoms with Gasteiger partial charge < -0.3 is 20.9 Å². The van der Waals surface area contributed by atoms with Crippen molar-refractivity contribution in [3.05, 3.63) is 0 Å². The lowest BCUT2D eigenvalue weighted by Gasteiger charge is -2.17. The van der Waals surface area contributed by atoms with Crippen LogP contribution in [0.2, 0.25) is 0 Å². The van der Waals surface area contributed by atoms with Gasteiger partial charge in [0.25, 0.3) is 0 Å². The molecule has 1 saturated carbocycles. The second-order valence-electron chi connectivity index (χ2n) is 5.53. The fraction of sp³-hybridized carbons (Fsp3) is 0.643. The Kier molecular flexibility index (Phi) is 6.67.